The smallest absolute Gasteiger partial charge is 0.184 e. The molecule has 106 valence electrons. The van der Waals surface area contributed by atoms with E-state index in [0.29, 0.717) is 19.6 Å². The Morgan fingerprint density at radius 3 is 2.60 bits per heavy atom. The van der Waals surface area contributed by atoms with E-state index in [9.17, 15) is 4.79 Å². The van der Waals surface area contributed by atoms with Crippen molar-refractivity contribution in [3.8, 4) is 0 Å². The molecule has 0 bridgehead atoms. The van der Waals surface area contributed by atoms with Crippen LogP contribution in [0.15, 0.2) is 51.6 Å². The third-order valence-electron chi connectivity index (χ3n) is 3.42. The summed E-state index contributed by atoms with van der Waals surface area (Å²) in [6.07, 6.45) is 4.28. The lowest BCUT2D eigenvalue weighted by molar-refractivity contribution is -0.114. The molecule has 1 saturated heterocycles. The van der Waals surface area contributed by atoms with E-state index >= 15 is 0 Å². The van der Waals surface area contributed by atoms with Gasteiger partial charge >= 0.3 is 0 Å². The van der Waals surface area contributed by atoms with Crippen molar-refractivity contribution in [3.63, 3.8) is 0 Å². The van der Waals surface area contributed by atoms with Gasteiger partial charge in [-0.3, -0.25) is 4.79 Å². The van der Waals surface area contributed by atoms with Crippen LogP contribution in [-0.4, -0.2) is 19.0 Å². The minimum atomic E-state index is -0.624. The maximum absolute atomic E-state index is 11.9. The van der Waals surface area contributed by atoms with Gasteiger partial charge in [0.2, 0.25) is 0 Å². The van der Waals surface area contributed by atoms with Crippen molar-refractivity contribution in [2.24, 2.45) is 0 Å². The molecule has 0 aromatic heterocycles. The average Bonchev–Trinajstić information content (AvgIpc) is 3.17. The number of benzene rings is 1. The molecule has 1 aromatic carbocycles. The van der Waals surface area contributed by atoms with Crippen molar-refractivity contribution in [1.29, 1.82) is 0 Å². The van der Waals surface area contributed by atoms with Gasteiger partial charge in [0.25, 0.3) is 0 Å². The van der Waals surface area contributed by atoms with Crippen molar-refractivity contribution in [2.75, 3.05) is 13.2 Å². The number of thiol groups is 1. The minimum Gasteiger partial charge on any atom is -0.346 e. The second-order valence-electron chi connectivity index (χ2n) is 4.71. The average molecular weight is 290 g/mol. The van der Waals surface area contributed by atoms with Gasteiger partial charge in [-0.05, 0) is 28.5 Å². The summed E-state index contributed by atoms with van der Waals surface area (Å²) < 4.78 is 11.0. The molecule has 0 amide bonds. The highest BCUT2D eigenvalue weighted by molar-refractivity contribution is 8.23. The highest BCUT2D eigenvalue weighted by Crippen LogP contribution is 2.49. The van der Waals surface area contributed by atoms with Gasteiger partial charge in [-0.15, -0.1) is 0 Å². The van der Waals surface area contributed by atoms with E-state index in [4.69, 9.17) is 9.47 Å². The minimum absolute atomic E-state index is 0.233. The van der Waals surface area contributed by atoms with Gasteiger partial charge in [0.1, 0.15) is 0 Å². The molecule has 0 N–H and O–H groups in total. The molecule has 3 rings (SSSR count). The van der Waals surface area contributed by atoms with E-state index < -0.39 is 10.9 Å². The number of hydrogen-bond acceptors (Lipinski definition) is 3. The highest BCUT2D eigenvalue weighted by Gasteiger charge is 2.21. The van der Waals surface area contributed by atoms with E-state index in [1.165, 1.54) is 4.90 Å². The van der Waals surface area contributed by atoms with Crippen LogP contribution in [0.4, 0.5) is 0 Å². The Morgan fingerprint density at radius 2 is 1.95 bits per heavy atom. The molecule has 0 saturated carbocycles. The lowest BCUT2D eigenvalue weighted by Crippen LogP contribution is -2.00. The first-order valence-electron chi connectivity index (χ1n) is 6.83. The van der Waals surface area contributed by atoms with Crippen molar-refractivity contribution >= 4 is 16.7 Å². The number of hydrogen-bond donors (Lipinski definition) is 1. The fourth-order valence-electron chi connectivity index (χ4n) is 2.36. The summed E-state index contributed by atoms with van der Waals surface area (Å²) in [6.45, 7) is 3.21. The first kappa shape index (κ1) is 13.6. The Labute approximate surface area is 121 Å². The van der Waals surface area contributed by atoms with Gasteiger partial charge in [0.15, 0.2) is 12.1 Å². The largest absolute Gasteiger partial charge is 0.346 e. The zero-order chi connectivity index (χ0) is 13.9. The third-order valence-corrected chi connectivity index (χ3v) is 5.66. The molecule has 20 heavy (non-hydrogen) atoms. The van der Waals surface area contributed by atoms with Crippen LogP contribution in [0.2, 0.25) is 0 Å². The first-order valence-corrected chi connectivity index (χ1v) is 8.25. The molecular weight excluding hydrogens is 272 g/mol. The number of allylic oxidation sites excluding steroid dienone is 3. The van der Waals surface area contributed by atoms with Crippen molar-refractivity contribution in [3.05, 3.63) is 52.3 Å². The summed E-state index contributed by atoms with van der Waals surface area (Å²) in [5, 5.41) is 2.13. The molecule has 1 atom stereocenters. The molecule has 1 unspecified atom stereocenters. The number of Topliss-reactive ketones (excluding diaryl/α,β-unsaturated/α-hetero) is 1. The Kier molecular flexibility index (Phi) is 4.05. The van der Waals surface area contributed by atoms with E-state index in [1.807, 2.05) is 31.2 Å². The Hall–Kier alpha value is -1.36. The van der Waals surface area contributed by atoms with Crippen molar-refractivity contribution in [1.82, 2.24) is 0 Å². The molecule has 0 radical (unpaired) electrons. The third kappa shape index (κ3) is 2.59. The van der Waals surface area contributed by atoms with Crippen molar-refractivity contribution < 1.29 is 14.3 Å². The second kappa shape index (κ2) is 5.95. The highest BCUT2D eigenvalue weighted by atomic mass is 32.2. The summed E-state index contributed by atoms with van der Waals surface area (Å²) in [6, 6.07) is 8.23. The lowest BCUT2D eigenvalue weighted by Gasteiger charge is -2.18. The van der Waals surface area contributed by atoms with Gasteiger partial charge in [-0.2, -0.15) is 10.9 Å². The van der Waals surface area contributed by atoms with E-state index in [2.05, 4.69) is 17.5 Å². The van der Waals surface area contributed by atoms with Crippen LogP contribution in [0.25, 0.3) is 0 Å². The van der Waals surface area contributed by atoms with Gasteiger partial charge < -0.3 is 9.47 Å². The SMILES string of the molecule is CCC(=O)C1=CC=C[SH]1c1ccc(C2OCCO2)cc1. The summed E-state index contributed by atoms with van der Waals surface area (Å²) >= 11 is 0. The second-order valence-corrected chi connectivity index (χ2v) is 6.74. The van der Waals surface area contributed by atoms with Crippen LogP contribution in [0, 0.1) is 0 Å². The molecular formula is C16H18O3S. The fourth-order valence-corrected chi connectivity index (χ4v) is 4.37. The summed E-state index contributed by atoms with van der Waals surface area (Å²) in [5.74, 6) is 0.243. The molecule has 4 heteroatoms. The number of ether oxygens (including phenoxy) is 2. The molecule has 1 fully saturated rings. The zero-order valence-electron chi connectivity index (χ0n) is 11.4. The summed E-state index contributed by atoms with van der Waals surface area (Å²) in [7, 11) is -0.624. The first-order chi connectivity index (χ1) is 9.79. The molecule has 1 aromatic rings. The van der Waals surface area contributed by atoms with Gasteiger partial charge in [-0.1, -0.05) is 25.1 Å². The van der Waals surface area contributed by atoms with E-state index in [1.54, 1.807) is 0 Å². The van der Waals surface area contributed by atoms with Gasteiger partial charge in [0, 0.05) is 16.9 Å². The molecule has 2 aliphatic rings. The summed E-state index contributed by atoms with van der Waals surface area (Å²) in [4.78, 5) is 14.1. The van der Waals surface area contributed by atoms with Gasteiger partial charge in [-0.25, -0.2) is 0 Å². The maximum atomic E-state index is 11.9. The number of rotatable bonds is 4. The molecule has 2 heterocycles. The topological polar surface area (TPSA) is 35.5 Å². The fraction of sp³-hybridized carbons (Fsp3) is 0.312. The van der Waals surface area contributed by atoms with Crippen LogP contribution in [0.1, 0.15) is 25.2 Å². The van der Waals surface area contributed by atoms with Crippen LogP contribution in [-0.2, 0) is 14.3 Å². The van der Waals surface area contributed by atoms with E-state index in [-0.39, 0.29) is 12.1 Å². The van der Waals surface area contributed by atoms with Crippen LogP contribution >= 0.6 is 10.9 Å². The monoisotopic (exact) mass is 290 g/mol. The molecule has 0 aliphatic carbocycles. The predicted octanol–water partition coefficient (Wildman–Crippen LogP) is 3.48. The van der Waals surface area contributed by atoms with Crippen molar-refractivity contribution in [2.45, 2.75) is 24.5 Å². The van der Waals surface area contributed by atoms with E-state index in [0.717, 1.165) is 10.5 Å². The Balaban J connectivity index is 1.79. The zero-order valence-corrected chi connectivity index (χ0v) is 12.3. The maximum Gasteiger partial charge on any atom is 0.184 e. The Morgan fingerprint density at radius 1 is 1.25 bits per heavy atom. The molecule has 3 nitrogen and oxygen atoms in total. The van der Waals surface area contributed by atoms with Crippen LogP contribution in [0.3, 0.4) is 0 Å². The standard InChI is InChI=1S/C16H18O3S/c1-2-14(17)15-4-3-11-20(15)13-7-5-12(6-8-13)16-18-9-10-19-16/h3-8,11,16,20H,2,9-10H2,1H3. The van der Waals surface area contributed by atoms with Crippen LogP contribution in [0.5, 0.6) is 0 Å². The summed E-state index contributed by atoms with van der Waals surface area (Å²) in [5.41, 5.74) is 1.04. The number of ketones is 1. The Bertz CT molecular complexity index is 554. The van der Waals surface area contributed by atoms with Crippen LogP contribution < -0.4 is 0 Å². The number of carbonyl (C=O) groups is 1. The normalized spacial score (nSPS) is 24.1. The molecule has 0 spiro atoms. The predicted molar refractivity (Wildman–Crippen MR) is 80.9 cm³/mol. The number of carbonyl (C=O) groups excluding carboxylic acids is 1. The molecule has 2 aliphatic heterocycles. The lowest BCUT2D eigenvalue weighted by atomic mass is 10.2. The van der Waals surface area contributed by atoms with Gasteiger partial charge in [0.05, 0.1) is 13.2 Å². The quantitative estimate of drug-likeness (QED) is 0.862.